The van der Waals surface area contributed by atoms with Gasteiger partial charge in [-0.15, -0.1) is 0 Å². The number of hydrogen-bond acceptors (Lipinski definition) is 3. The Morgan fingerprint density at radius 1 is 1.24 bits per heavy atom. The number of nitrogens with two attached hydrogens (primary N) is 1. The summed E-state index contributed by atoms with van der Waals surface area (Å²) in [7, 11) is 0. The van der Waals surface area contributed by atoms with E-state index in [1.165, 1.54) is 18.5 Å². The Bertz CT molecular complexity index is 421. The lowest BCUT2D eigenvalue weighted by Gasteiger charge is -2.53. The Hall–Kier alpha value is -0.930. The normalized spacial score (nSPS) is 22.5. The fourth-order valence-corrected chi connectivity index (χ4v) is 2.95. The maximum absolute atomic E-state index is 6.04. The fraction of sp³-hybridized carbons (Fsp3) is 0.538. The second-order valence-corrected chi connectivity index (χ2v) is 5.58. The predicted molar refractivity (Wildman–Crippen MR) is 70.6 cm³/mol. The van der Waals surface area contributed by atoms with Crippen molar-refractivity contribution < 1.29 is 4.74 Å². The van der Waals surface area contributed by atoms with E-state index in [9.17, 15) is 0 Å². The van der Waals surface area contributed by atoms with E-state index in [1.807, 2.05) is 18.2 Å². The van der Waals surface area contributed by atoms with Crippen LogP contribution in [0.3, 0.4) is 0 Å². The van der Waals surface area contributed by atoms with E-state index in [2.05, 4.69) is 4.90 Å². The van der Waals surface area contributed by atoms with Gasteiger partial charge in [-0.1, -0.05) is 11.6 Å². The van der Waals surface area contributed by atoms with Crippen molar-refractivity contribution in [1.29, 1.82) is 0 Å². The van der Waals surface area contributed by atoms with Crippen molar-refractivity contribution in [2.75, 3.05) is 36.9 Å². The molecular weight excluding hydrogens is 236 g/mol. The molecule has 1 aromatic rings. The minimum atomic E-state index is 0.492. The highest BCUT2D eigenvalue weighted by Crippen LogP contribution is 2.42. The molecule has 1 aromatic carbocycles. The first-order chi connectivity index (χ1) is 8.19. The first-order valence-electron chi connectivity index (χ1n) is 6.06. The fourth-order valence-electron chi connectivity index (χ4n) is 2.78. The highest BCUT2D eigenvalue weighted by atomic mass is 35.5. The average Bonchev–Trinajstić information content (AvgIpc) is 2.31. The van der Waals surface area contributed by atoms with Crippen molar-refractivity contribution in [3.8, 4) is 0 Å². The smallest absolute Gasteiger partial charge is 0.0656 e. The number of ether oxygens (including phenoxy) is 1. The van der Waals surface area contributed by atoms with Crippen LogP contribution in [-0.4, -0.2) is 26.3 Å². The number of hydrogen-bond donors (Lipinski definition) is 1. The Morgan fingerprint density at radius 2 is 1.94 bits per heavy atom. The van der Waals surface area contributed by atoms with Gasteiger partial charge in [-0.05, 0) is 31.0 Å². The molecule has 0 saturated carbocycles. The number of halogens is 1. The van der Waals surface area contributed by atoms with E-state index in [4.69, 9.17) is 22.1 Å². The van der Waals surface area contributed by atoms with Gasteiger partial charge in [0.2, 0.25) is 0 Å². The molecule has 2 heterocycles. The molecular formula is C13H17ClN2O. The van der Waals surface area contributed by atoms with Gasteiger partial charge in [-0.2, -0.15) is 0 Å². The Kier molecular flexibility index (Phi) is 2.68. The molecule has 2 aliphatic rings. The van der Waals surface area contributed by atoms with Crippen LogP contribution < -0.4 is 10.6 Å². The predicted octanol–water partition coefficient (Wildman–Crippen LogP) is 2.54. The molecule has 0 unspecified atom stereocenters. The summed E-state index contributed by atoms with van der Waals surface area (Å²) in [5.41, 5.74) is 8.04. The maximum Gasteiger partial charge on any atom is 0.0656 e. The summed E-state index contributed by atoms with van der Waals surface area (Å²) in [5.74, 6) is 0. The van der Waals surface area contributed by atoms with Crippen LogP contribution in [0.15, 0.2) is 18.2 Å². The zero-order valence-electron chi connectivity index (χ0n) is 9.79. The molecule has 2 N–H and O–H groups in total. The van der Waals surface area contributed by atoms with Gasteiger partial charge < -0.3 is 15.4 Å². The van der Waals surface area contributed by atoms with Gasteiger partial charge in [0.05, 0.1) is 10.7 Å². The third-order valence-corrected chi connectivity index (χ3v) is 4.28. The zero-order valence-corrected chi connectivity index (χ0v) is 10.5. The summed E-state index contributed by atoms with van der Waals surface area (Å²) in [6.45, 7) is 4.07. The third-order valence-electron chi connectivity index (χ3n) is 3.96. The first kappa shape index (κ1) is 11.2. The van der Waals surface area contributed by atoms with Crippen LogP contribution in [0.4, 0.5) is 11.4 Å². The molecule has 0 radical (unpaired) electrons. The summed E-state index contributed by atoms with van der Waals surface area (Å²) < 4.78 is 5.42. The van der Waals surface area contributed by atoms with E-state index in [0.717, 1.165) is 26.3 Å². The molecule has 0 atom stereocenters. The van der Waals surface area contributed by atoms with Crippen molar-refractivity contribution in [2.24, 2.45) is 5.41 Å². The number of nitrogen functional groups attached to an aromatic ring is 1. The summed E-state index contributed by atoms with van der Waals surface area (Å²) in [4.78, 5) is 2.37. The molecule has 3 nitrogen and oxygen atoms in total. The number of rotatable bonds is 1. The van der Waals surface area contributed by atoms with Gasteiger partial charge in [-0.25, -0.2) is 0 Å². The average molecular weight is 253 g/mol. The molecule has 4 heteroatoms. The molecule has 92 valence electrons. The Morgan fingerprint density at radius 3 is 2.59 bits per heavy atom. The van der Waals surface area contributed by atoms with Gasteiger partial charge >= 0.3 is 0 Å². The van der Waals surface area contributed by atoms with Crippen molar-refractivity contribution in [3.05, 3.63) is 23.2 Å². The Labute approximate surface area is 106 Å². The van der Waals surface area contributed by atoms with Gasteiger partial charge in [0.25, 0.3) is 0 Å². The van der Waals surface area contributed by atoms with E-state index in [0.29, 0.717) is 16.1 Å². The zero-order chi connectivity index (χ0) is 11.9. The van der Waals surface area contributed by atoms with Crippen molar-refractivity contribution in [3.63, 3.8) is 0 Å². The molecule has 0 aliphatic carbocycles. The molecule has 2 saturated heterocycles. The van der Waals surface area contributed by atoms with Crippen LogP contribution in [0.2, 0.25) is 5.02 Å². The SMILES string of the molecule is Nc1ccc(N2CC3(CCOCC3)C2)cc1Cl. The van der Waals surface area contributed by atoms with Crippen LogP contribution in [0, 0.1) is 5.41 Å². The maximum atomic E-state index is 6.04. The summed E-state index contributed by atoms with van der Waals surface area (Å²) in [6, 6.07) is 5.89. The lowest BCUT2D eigenvalue weighted by Crippen LogP contribution is -2.58. The van der Waals surface area contributed by atoms with E-state index in [-0.39, 0.29) is 0 Å². The highest BCUT2D eigenvalue weighted by Gasteiger charge is 2.43. The van der Waals surface area contributed by atoms with Crippen molar-refractivity contribution in [2.45, 2.75) is 12.8 Å². The quantitative estimate of drug-likeness (QED) is 0.781. The van der Waals surface area contributed by atoms with Crippen LogP contribution in [0.25, 0.3) is 0 Å². The van der Waals surface area contributed by atoms with Crippen LogP contribution in [0.1, 0.15) is 12.8 Å². The molecule has 2 fully saturated rings. The highest BCUT2D eigenvalue weighted by molar-refractivity contribution is 6.33. The number of nitrogens with zero attached hydrogens (tertiary/aromatic N) is 1. The molecule has 2 aliphatic heterocycles. The van der Waals surface area contributed by atoms with Crippen LogP contribution in [-0.2, 0) is 4.74 Å². The topological polar surface area (TPSA) is 38.5 Å². The minimum absolute atomic E-state index is 0.492. The van der Waals surface area contributed by atoms with Gasteiger partial charge in [-0.3, -0.25) is 0 Å². The molecule has 0 bridgehead atoms. The molecule has 17 heavy (non-hydrogen) atoms. The second kappa shape index (κ2) is 4.07. The third kappa shape index (κ3) is 1.98. The molecule has 0 amide bonds. The lowest BCUT2D eigenvalue weighted by molar-refractivity contribution is -0.000189. The first-order valence-corrected chi connectivity index (χ1v) is 6.44. The van der Waals surface area contributed by atoms with E-state index >= 15 is 0 Å². The van der Waals surface area contributed by atoms with E-state index in [1.54, 1.807) is 0 Å². The van der Waals surface area contributed by atoms with E-state index < -0.39 is 0 Å². The van der Waals surface area contributed by atoms with Crippen LogP contribution in [0.5, 0.6) is 0 Å². The lowest BCUT2D eigenvalue weighted by atomic mass is 9.73. The molecule has 3 rings (SSSR count). The number of benzene rings is 1. The molecule has 1 spiro atoms. The monoisotopic (exact) mass is 252 g/mol. The van der Waals surface area contributed by atoms with Crippen LogP contribution >= 0.6 is 11.6 Å². The second-order valence-electron chi connectivity index (χ2n) is 5.17. The molecule has 0 aromatic heterocycles. The van der Waals surface area contributed by atoms with Gasteiger partial charge in [0, 0.05) is 37.4 Å². The Balaban J connectivity index is 1.70. The standard InChI is InChI=1S/C13H17ClN2O/c14-11-7-10(1-2-12(11)15)16-8-13(9-16)3-5-17-6-4-13/h1-2,7H,3-6,8-9,15H2. The largest absolute Gasteiger partial charge is 0.398 e. The van der Waals surface area contributed by atoms with Gasteiger partial charge in [0.1, 0.15) is 0 Å². The summed E-state index contributed by atoms with van der Waals surface area (Å²) in [6.07, 6.45) is 2.37. The number of anilines is 2. The summed E-state index contributed by atoms with van der Waals surface area (Å²) >= 11 is 6.04. The minimum Gasteiger partial charge on any atom is -0.398 e. The van der Waals surface area contributed by atoms with Crippen molar-refractivity contribution >= 4 is 23.0 Å². The van der Waals surface area contributed by atoms with Crippen molar-refractivity contribution in [1.82, 2.24) is 0 Å². The van der Waals surface area contributed by atoms with Gasteiger partial charge in [0.15, 0.2) is 0 Å². The summed E-state index contributed by atoms with van der Waals surface area (Å²) in [5, 5.41) is 0.649.